The van der Waals surface area contributed by atoms with Crippen LogP contribution < -0.4 is 0 Å². The van der Waals surface area contributed by atoms with E-state index >= 15 is 0 Å². The number of esters is 2. The van der Waals surface area contributed by atoms with E-state index in [0.717, 1.165) is 23.1 Å². The first kappa shape index (κ1) is 16.5. The van der Waals surface area contributed by atoms with E-state index in [1.807, 2.05) is 19.9 Å². The predicted molar refractivity (Wildman–Crippen MR) is 80.9 cm³/mol. The fraction of sp³-hybridized carbons (Fsp3) is 0.529. The van der Waals surface area contributed by atoms with Gasteiger partial charge in [0.2, 0.25) is 0 Å². The Balaban J connectivity index is 2.34. The number of carbonyl (C=O) groups excluding carboxylic acids is 2. The Morgan fingerprint density at radius 1 is 1.41 bits per heavy atom. The highest BCUT2D eigenvalue weighted by Crippen LogP contribution is 2.31. The molecule has 2 atom stereocenters. The topological polar surface area (TPSA) is 72.8 Å². The summed E-state index contributed by atoms with van der Waals surface area (Å²) < 4.78 is 10.4. The van der Waals surface area contributed by atoms with Gasteiger partial charge in [-0.2, -0.15) is 0 Å². The second-order valence-corrected chi connectivity index (χ2v) is 5.82. The molecule has 0 aromatic rings. The van der Waals surface area contributed by atoms with Crippen molar-refractivity contribution in [2.45, 2.75) is 52.2 Å². The maximum Gasteiger partial charge on any atom is 0.338 e. The minimum absolute atomic E-state index is 0.0573. The molecule has 0 fully saturated rings. The van der Waals surface area contributed by atoms with E-state index in [2.05, 4.69) is 0 Å². The van der Waals surface area contributed by atoms with E-state index in [4.69, 9.17) is 9.47 Å². The molecule has 120 valence electrons. The van der Waals surface area contributed by atoms with E-state index in [0.29, 0.717) is 18.4 Å². The zero-order chi connectivity index (χ0) is 16.3. The molecular weight excluding hydrogens is 284 g/mol. The molecule has 0 radical (unpaired) electrons. The summed E-state index contributed by atoms with van der Waals surface area (Å²) in [6.07, 6.45) is 4.78. The third kappa shape index (κ3) is 3.85. The number of ether oxygens (including phenoxy) is 2. The molecule has 1 aliphatic heterocycles. The predicted octanol–water partition coefficient (Wildman–Crippen LogP) is 2.21. The Morgan fingerprint density at radius 3 is 2.82 bits per heavy atom. The van der Waals surface area contributed by atoms with E-state index < -0.39 is 24.1 Å². The molecule has 5 heteroatoms. The zero-order valence-corrected chi connectivity index (χ0v) is 13.2. The summed E-state index contributed by atoms with van der Waals surface area (Å²) >= 11 is 0. The molecule has 1 aliphatic carbocycles. The lowest BCUT2D eigenvalue weighted by Crippen LogP contribution is -2.15. The minimum Gasteiger partial charge on any atom is -0.461 e. The molecule has 22 heavy (non-hydrogen) atoms. The van der Waals surface area contributed by atoms with Crippen LogP contribution in [0.3, 0.4) is 0 Å². The van der Waals surface area contributed by atoms with Gasteiger partial charge in [0.1, 0.15) is 12.7 Å². The molecular formula is C17H22O5. The Bertz CT molecular complexity index is 568. The third-order valence-electron chi connectivity index (χ3n) is 4.05. The number of hydrogen-bond donors (Lipinski definition) is 1. The van der Waals surface area contributed by atoms with Crippen molar-refractivity contribution in [1.82, 2.24) is 0 Å². The molecule has 0 aromatic carbocycles. The zero-order valence-electron chi connectivity index (χ0n) is 13.2. The fourth-order valence-corrected chi connectivity index (χ4v) is 2.60. The SMILES string of the molecule is CC(=O)OCC1=C2CC/C(C)=C\C[C@H](O)/C(C)=C/[C@H]2OC1=O. The summed E-state index contributed by atoms with van der Waals surface area (Å²) in [4.78, 5) is 23.0. The maximum absolute atomic E-state index is 12.0. The normalized spacial score (nSPS) is 30.6. The first-order valence-electron chi connectivity index (χ1n) is 7.46. The molecule has 2 rings (SSSR count). The number of rotatable bonds is 2. The van der Waals surface area contributed by atoms with E-state index in [1.54, 1.807) is 6.08 Å². The van der Waals surface area contributed by atoms with Gasteiger partial charge < -0.3 is 14.6 Å². The van der Waals surface area contributed by atoms with Gasteiger partial charge in [-0.05, 0) is 50.3 Å². The number of fused-ring (bicyclic) bond motifs is 1. The van der Waals surface area contributed by atoms with Crippen LogP contribution in [0.1, 0.15) is 40.0 Å². The van der Waals surface area contributed by atoms with Crippen LogP contribution in [-0.4, -0.2) is 35.9 Å². The standard InChI is InChI=1S/C17H22O5/c1-10-4-6-13-14(9-21-12(3)18)17(20)22-16(13)8-11(2)15(19)7-5-10/h5,8,15-16,19H,4,6-7,9H2,1-3H3/b10-5-,11-8+/t15-,16+/m0/s1. The second kappa shape index (κ2) is 6.92. The number of aliphatic hydroxyl groups is 1. The summed E-state index contributed by atoms with van der Waals surface area (Å²) in [5.74, 6) is -0.872. The van der Waals surface area contributed by atoms with Crippen LogP contribution in [0.15, 0.2) is 34.4 Å². The average molecular weight is 306 g/mol. The largest absolute Gasteiger partial charge is 0.461 e. The quantitative estimate of drug-likeness (QED) is 0.625. The van der Waals surface area contributed by atoms with Crippen LogP contribution in [0.4, 0.5) is 0 Å². The Kier molecular flexibility index (Phi) is 5.19. The second-order valence-electron chi connectivity index (χ2n) is 5.82. The first-order chi connectivity index (χ1) is 10.4. The molecule has 2 aliphatic rings. The summed E-state index contributed by atoms with van der Waals surface area (Å²) in [5, 5.41) is 10.1. The molecule has 0 aromatic heterocycles. The third-order valence-corrected chi connectivity index (χ3v) is 4.05. The highest BCUT2D eigenvalue weighted by molar-refractivity contribution is 5.93. The van der Waals surface area contributed by atoms with Crippen molar-refractivity contribution in [3.05, 3.63) is 34.4 Å². The van der Waals surface area contributed by atoms with Gasteiger partial charge in [-0.1, -0.05) is 11.6 Å². The lowest BCUT2D eigenvalue weighted by molar-refractivity contribution is -0.142. The maximum atomic E-state index is 12.0. The van der Waals surface area contributed by atoms with Crippen LogP contribution in [0, 0.1) is 0 Å². The monoisotopic (exact) mass is 306 g/mol. The van der Waals surface area contributed by atoms with Gasteiger partial charge in [0.05, 0.1) is 11.7 Å². The van der Waals surface area contributed by atoms with Crippen LogP contribution in [-0.2, 0) is 19.1 Å². The number of carbonyl (C=O) groups is 2. The van der Waals surface area contributed by atoms with Crippen LogP contribution in [0.5, 0.6) is 0 Å². The van der Waals surface area contributed by atoms with Crippen LogP contribution in [0.25, 0.3) is 0 Å². The summed E-state index contributed by atoms with van der Waals surface area (Å²) in [6, 6.07) is 0. The van der Waals surface area contributed by atoms with Crippen molar-refractivity contribution in [2.75, 3.05) is 6.61 Å². The van der Waals surface area contributed by atoms with Crippen LogP contribution in [0.2, 0.25) is 0 Å². The molecule has 0 saturated carbocycles. The van der Waals surface area contributed by atoms with Gasteiger partial charge in [0.25, 0.3) is 0 Å². The molecule has 0 spiro atoms. The van der Waals surface area contributed by atoms with E-state index in [-0.39, 0.29) is 6.61 Å². The average Bonchev–Trinajstić information content (AvgIpc) is 2.74. The van der Waals surface area contributed by atoms with Gasteiger partial charge >= 0.3 is 11.9 Å². The van der Waals surface area contributed by atoms with Crippen molar-refractivity contribution in [1.29, 1.82) is 0 Å². The lowest BCUT2D eigenvalue weighted by Gasteiger charge is -2.17. The highest BCUT2D eigenvalue weighted by Gasteiger charge is 2.33. The van der Waals surface area contributed by atoms with Crippen molar-refractivity contribution in [3.8, 4) is 0 Å². The van der Waals surface area contributed by atoms with Crippen molar-refractivity contribution >= 4 is 11.9 Å². The smallest absolute Gasteiger partial charge is 0.338 e. The Labute approximate surface area is 130 Å². The van der Waals surface area contributed by atoms with E-state index in [1.165, 1.54) is 6.92 Å². The van der Waals surface area contributed by atoms with Gasteiger partial charge in [0, 0.05) is 6.92 Å². The summed E-state index contributed by atoms with van der Waals surface area (Å²) in [5.41, 5.74) is 3.20. The van der Waals surface area contributed by atoms with Crippen molar-refractivity contribution in [2.24, 2.45) is 0 Å². The van der Waals surface area contributed by atoms with Crippen LogP contribution >= 0.6 is 0 Å². The van der Waals surface area contributed by atoms with Gasteiger partial charge in [-0.15, -0.1) is 0 Å². The minimum atomic E-state index is -0.578. The Hall–Kier alpha value is -1.88. The fourth-order valence-electron chi connectivity index (χ4n) is 2.60. The number of hydrogen-bond acceptors (Lipinski definition) is 5. The molecule has 0 unspecified atom stereocenters. The molecule has 0 saturated heterocycles. The van der Waals surface area contributed by atoms with Crippen molar-refractivity contribution in [3.63, 3.8) is 0 Å². The molecule has 1 heterocycles. The van der Waals surface area contributed by atoms with Gasteiger partial charge in [0.15, 0.2) is 0 Å². The summed E-state index contributed by atoms with van der Waals surface area (Å²) in [6.45, 7) is 5.08. The highest BCUT2D eigenvalue weighted by atomic mass is 16.6. The van der Waals surface area contributed by atoms with Crippen molar-refractivity contribution < 1.29 is 24.2 Å². The number of aliphatic hydroxyl groups excluding tert-OH is 1. The molecule has 1 N–H and O–H groups in total. The Morgan fingerprint density at radius 2 is 2.14 bits per heavy atom. The van der Waals surface area contributed by atoms with Gasteiger partial charge in [-0.25, -0.2) is 4.79 Å². The van der Waals surface area contributed by atoms with Gasteiger partial charge in [-0.3, -0.25) is 4.79 Å². The molecule has 5 nitrogen and oxygen atoms in total. The summed E-state index contributed by atoms with van der Waals surface area (Å²) in [7, 11) is 0. The van der Waals surface area contributed by atoms with E-state index in [9.17, 15) is 14.7 Å². The first-order valence-corrected chi connectivity index (χ1v) is 7.46. The lowest BCUT2D eigenvalue weighted by atomic mass is 9.93. The molecule has 0 bridgehead atoms. The number of allylic oxidation sites excluding steroid dienone is 1. The molecule has 0 amide bonds.